The van der Waals surface area contributed by atoms with Crippen LogP contribution in [0.2, 0.25) is 0 Å². The zero-order chi connectivity index (χ0) is 28.1. The van der Waals surface area contributed by atoms with E-state index in [1.54, 1.807) is 0 Å². The predicted molar refractivity (Wildman–Crippen MR) is 173 cm³/mol. The fourth-order valence-corrected chi connectivity index (χ4v) is 6.76. The molecule has 0 aliphatic carbocycles. The van der Waals surface area contributed by atoms with Gasteiger partial charge in [-0.3, -0.25) is 4.90 Å². The quantitative estimate of drug-likeness (QED) is 0.257. The first-order valence-electron chi connectivity index (χ1n) is 14.3. The fraction of sp³-hybridized carbons (Fsp3) is 0.353. The zero-order valence-corrected chi connectivity index (χ0v) is 25.4. The van der Waals surface area contributed by atoms with Gasteiger partial charge in [-0.2, -0.15) is 0 Å². The Morgan fingerprint density at radius 2 is 1.32 bits per heavy atom. The third kappa shape index (κ3) is 6.41. The molecule has 2 aliphatic heterocycles. The van der Waals surface area contributed by atoms with E-state index in [2.05, 4.69) is 151 Å². The summed E-state index contributed by atoms with van der Waals surface area (Å²) in [6.45, 7) is 4.17. The number of anilines is 3. The van der Waals surface area contributed by atoms with Gasteiger partial charge in [0.2, 0.25) is 0 Å². The first kappa shape index (κ1) is 28.3. The molecular weight excluding hydrogens is 510 g/mol. The fourth-order valence-electron chi connectivity index (χ4n) is 5.53. The SMILES string of the molecule is CN(C)CCCN(CCCN(C)C)C1=C/C(=C\C2Sc3ccccc3N2C)c2ccccc2N1c1ccccc1. The molecule has 3 aromatic carbocycles. The Labute approximate surface area is 245 Å². The van der Waals surface area contributed by atoms with E-state index in [0.29, 0.717) is 0 Å². The monoisotopic (exact) mass is 553 g/mol. The number of benzene rings is 3. The van der Waals surface area contributed by atoms with Crippen LogP contribution in [-0.4, -0.2) is 81.5 Å². The number of nitrogens with zero attached hydrogens (tertiary/aromatic N) is 5. The smallest absolute Gasteiger partial charge is 0.114 e. The van der Waals surface area contributed by atoms with Gasteiger partial charge in [0.25, 0.3) is 0 Å². The molecule has 0 aromatic heterocycles. The van der Waals surface area contributed by atoms with Crippen LogP contribution in [0.25, 0.3) is 5.57 Å². The summed E-state index contributed by atoms with van der Waals surface area (Å²) >= 11 is 1.94. The van der Waals surface area contributed by atoms with Gasteiger partial charge >= 0.3 is 0 Å². The van der Waals surface area contributed by atoms with Gasteiger partial charge in [0.1, 0.15) is 5.82 Å². The molecule has 2 heterocycles. The Bertz CT molecular complexity index is 1320. The van der Waals surface area contributed by atoms with Crippen LogP contribution in [-0.2, 0) is 0 Å². The highest BCUT2D eigenvalue weighted by molar-refractivity contribution is 8.00. The summed E-state index contributed by atoms with van der Waals surface area (Å²) in [6, 6.07) is 28.5. The number of fused-ring (bicyclic) bond motifs is 2. The van der Waals surface area contributed by atoms with Crippen molar-refractivity contribution in [1.82, 2.24) is 14.7 Å². The molecule has 0 bridgehead atoms. The Kier molecular flexibility index (Phi) is 9.20. The number of rotatable bonds is 11. The number of para-hydroxylation sites is 3. The van der Waals surface area contributed by atoms with Crippen LogP contribution < -0.4 is 9.80 Å². The van der Waals surface area contributed by atoms with Gasteiger partial charge in [0, 0.05) is 36.3 Å². The topological polar surface area (TPSA) is 16.2 Å². The van der Waals surface area contributed by atoms with Gasteiger partial charge in [-0.05, 0) is 102 Å². The van der Waals surface area contributed by atoms with Crippen LogP contribution in [0.5, 0.6) is 0 Å². The molecule has 1 unspecified atom stereocenters. The second kappa shape index (κ2) is 13.0. The van der Waals surface area contributed by atoms with E-state index in [-0.39, 0.29) is 5.37 Å². The number of thioether (sulfide) groups is 1. The molecule has 0 spiro atoms. The first-order chi connectivity index (χ1) is 19.4. The Morgan fingerprint density at radius 1 is 0.725 bits per heavy atom. The highest BCUT2D eigenvalue weighted by atomic mass is 32.2. The highest BCUT2D eigenvalue weighted by Gasteiger charge is 2.30. The van der Waals surface area contributed by atoms with Crippen LogP contribution in [0.4, 0.5) is 17.1 Å². The van der Waals surface area contributed by atoms with Crippen LogP contribution in [0.1, 0.15) is 18.4 Å². The molecule has 5 rings (SSSR count). The number of allylic oxidation sites excluding steroid dienone is 2. The Balaban J connectivity index is 1.58. The van der Waals surface area contributed by atoms with Crippen molar-refractivity contribution in [2.75, 3.05) is 71.2 Å². The molecule has 0 fully saturated rings. The van der Waals surface area contributed by atoms with Gasteiger partial charge < -0.3 is 19.6 Å². The lowest BCUT2D eigenvalue weighted by molar-refractivity contribution is 0.284. The minimum Gasteiger partial charge on any atom is -0.358 e. The molecule has 210 valence electrons. The predicted octanol–water partition coefficient (Wildman–Crippen LogP) is 6.84. The van der Waals surface area contributed by atoms with Crippen molar-refractivity contribution < 1.29 is 0 Å². The molecule has 0 N–H and O–H groups in total. The summed E-state index contributed by atoms with van der Waals surface area (Å²) in [4.78, 5) is 13.4. The normalized spacial score (nSPS) is 17.4. The minimum atomic E-state index is 0.247. The summed E-state index contributed by atoms with van der Waals surface area (Å²) in [7, 11) is 10.9. The van der Waals surface area contributed by atoms with Crippen molar-refractivity contribution in [3.05, 3.63) is 102 Å². The van der Waals surface area contributed by atoms with E-state index in [1.165, 1.54) is 38.9 Å². The van der Waals surface area contributed by atoms with E-state index in [0.717, 1.165) is 39.0 Å². The third-order valence-corrected chi connectivity index (χ3v) is 8.86. The maximum Gasteiger partial charge on any atom is 0.114 e. The molecule has 5 nitrogen and oxygen atoms in total. The first-order valence-corrected chi connectivity index (χ1v) is 15.2. The molecule has 0 saturated carbocycles. The maximum atomic E-state index is 2.62. The summed E-state index contributed by atoms with van der Waals surface area (Å²) in [5.41, 5.74) is 6.32. The van der Waals surface area contributed by atoms with E-state index in [4.69, 9.17) is 0 Å². The summed E-state index contributed by atoms with van der Waals surface area (Å²) in [5.74, 6) is 1.26. The molecule has 6 heteroatoms. The lowest BCUT2D eigenvalue weighted by Gasteiger charge is -2.40. The molecule has 0 amide bonds. The van der Waals surface area contributed by atoms with Gasteiger partial charge in [0.15, 0.2) is 0 Å². The largest absolute Gasteiger partial charge is 0.358 e. The second-order valence-corrected chi connectivity index (χ2v) is 12.4. The Hall–Kier alpha value is -3.19. The summed E-state index contributed by atoms with van der Waals surface area (Å²) in [6.07, 6.45) is 7.14. The van der Waals surface area contributed by atoms with Crippen molar-refractivity contribution >= 4 is 34.4 Å². The van der Waals surface area contributed by atoms with Gasteiger partial charge in [-0.1, -0.05) is 60.3 Å². The van der Waals surface area contributed by atoms with Crippen LogP contribution in [0, 0.1) is 0 Å². The summed E-state index contributed by atoms with van der Waals surface area (Å²) < 4.78 is 0. The average Bonchev–Trinajstić information content (AvgIpc) is 3.27. The van der Waals surface area contributed by atoms with Crippen LogP contribution in [0.15, 0.2) is 102 Å². The molecular formula is C34H43N5S. The maximum absolute atomic E-state index is 2.62. The van der Waals surface area contributed by atoms with Crippen LogP contribution >= 0.6 is 11.8 Å². The average molecular weight is 554 g/mol. The third-order valence-electron chi connectivity index (χ3n) is 7.57. The van der Waals surface area contributed by atoms with E-state index < -0.39 is 0 Å². The van der Waals surface area contributed by atoms with Crippen molar-refractivity contribution in [3.8, 4) is 0 Å². The lowest BCUT2D eigenvalue weighted by atomic mass is 9.97. The van der Waals surface area contributed by atoms with E-state index in [1.807, 2.05) is 11.8 Å². The van der Waals surface area contributed by atoms with Crippen molar-refractivity contribution in [2.24, 2.45) is 0 Å². The number of likely N-dealkylation sites (N-methyl/N-ethyl adjacent to an activating group) is 1. The highest BCUT2D eigenvalue weighted by Crippen LogP contribution is 2.46. The van der Waals surface area contributed by atoms with E-state index >= 15 is 0 Å². The number of hydrogen-bond acceptors (Lipinski definition) is 6. The molecule has 2 aliphatic rings. The number of hydrogen-bond donors (Lipinski definition) is 0. The van der Waals surface area contributed by atoms with Gasteiger partial charge in [-0.25, -0.2) is 0 Å². The summed E-state index contributed by atoms with van der Waals surface area (Å²) in [5, 5.41) is 0.247. The Morgan fingerprint density at radius 3 is 1.98 bits per heavy atom. The molecule has 0 saturated heterocycles. The van der Waals surface area contributed by atoms with Crippen molar-refractivity contribution in [2.45, 2.75) is 23.1 Å². The molecule has 0 radical (unpaired) electrons. The molecule has 1 atom stereocenters. The van der Waals surface area contributed by atoms with E-state index in [9.17, 15) is 0 Å². The van der Waals surface area contributed by atoms with Gasteiger partial charge in [-0.15, -0.1) is 0 Å². The molecule has 40 heavy (non-hydrogen) atoms. The second-order valence-electron chi connectivity index (χ2n) is 11.2. The van der Waals surface area contributed by atoms with Gasteiger partial charge in [0.05, 0.1) is 16.7 Å². The minimum absolute atomic E-state index is 0.247. The lowest BCUT2D eigenvalue weighted by Crippen LogP contribution is -2.38. The van der Waals surface area contributed by atoms with Crippen LogP contribution in [0.3, 0.4) is 0 Å². The van der Waals surface area contributed by atoms with Crippen molar-refractivity contribution in [1.29, 1.82) is 0 Å². The standard InChI is InChI=1S/C34H43N5S/c1-35(2)21-13-23-38(24-14-22-36(3)4)33-25-27(26-34-37(5)31-19-11-12-20-32(31)40-34)29-17-9-10-18-30(29)39(33)28-15-7-6-8-16-28/h6-12,15-20,25-26,34H,13-14,21-24H2,1-5H3/b27-26+. The zero-order valence-electron chi connectivity index (χ0n) is 24.6. The van der Waals surface area contributed by atoms with Crippen molar-refractivity contribution in [3.63, 3.8) is 0 Å². The molecule has 3 aromatic rings.